The monoisotopic (exact) mass is 321 g/mol. The third-order valence-corrected chi connectivity index (χ3v) is 3.87. The molecule has 3 aromatic rings. The van der Waals surface area contributed by atoms with Crippen LogP contribution in [-0.4, -0.2) is 16.4 Å². The maximum absolute atomic E-state index is 12.5. The summed E-state index contributed by atoms with van der Waals surface area (Å²) >= 11 is 0. The lowest BCUT2D eigenvalue weighted by Crippen LogP contribution is -2.22. The zero-order valence-corrected chi connectivity index (χ0v) is 13.7. The number of benzene rings is 2. The van der Waals surface area contributed by atoms with Gasteiger partial charge in [-0.3, -0.25) is 9.59 Å². The van der Waals surface area contributed by atoms with Crippen LogP contribution in [0.25, 0.3) is 10.9 Å². The standard InChI is InChI=1S/C19H19N3O2/c1-13(23)21-15-9-7-14(8-10-15)11-20-19(24)17-12-22(2)18-6-4-3-5-16(17)18/h3-10,12H,11H2,1-2H3,(H,20,24)(H,21,23). The van der Waals surface area contributed by atoms with Crippen molar-refractivity contribution >= 4 is 28.4 Å². The molecule has 0 unspecified atom stereocenters. The highest BCUT2D eigenvalue weighted by Gasteiger charge is 2.13. The van der Waals surface area contributed by atoms with Crippen molar-refractivity contribution in [1.82, 2.24) is 9.88 Å². The number of nitrogens with one attached hydrogen (secondary N) is 2. The van der Waals surface area contributed by atoms with Gasteiger partial charge in [0, 0.05) is 43.3 Å². The van der Waals surface area contributed by atoms with Gasteiger partial charge in [0.25, 0.3) is 5.91 Å². The molecular formula is C19H19N3O2. The smallest absolute Gasteiger partial charge is 0.253 e. The van der Waals surface area contributed by atoms with Crippen molar-refractivity contribution in [2.75, 3.05) is 5.32 Å². The van der Waals surface area contributed by atoms with Gasteiger partial charge in [0.15, 0.2) is 0 Å². The van der Waals surface area contributed by atoms with Gasteiger partial charge in [-0.2, -0.15) is 0 Å². The Morgan fingerprint density at radius 3 is 2.46 bits per heavy atom. The van der Waals surface area contributed by atoms with E-state index in [1.165, 1.54) is 6.92 Å². The Kier molecular flexibility index (Phi) is 4.33. The van der Waals surface area contributed by atoms with Crippen LogP contribution < -0.4 is 10.6 Å². The van der Waals surface area contributed by atoms with Gasteiger partial charge in [-0.25, -0.2) is 0 Å². The highest BCUT2D eigenvalue weighted by Crippen LogP contribution is 2.20. The summed E-state index contributed by atoms with van der Waals surface area (Å²) in [5.41, 5.74) is 3.41. The molecule has 0 radical (unpaired) electrons. The fraction of sp³-hybridized carbons (Fsp3) is 0.158. The third-order valence-electron chi connectivity index (χ3n) is 3.87. The summed E-state index contributed by atoms with van der Waals surface area (Å²) in [6.07, 6.45) is 1.85. The van der Waals surface area contributed by atoms with Gasteiger partial charge in [0.05, 0.1) is 5.56 Å². The van der Waals surface area contributed by atoms with Crippen LogP contribution in [-0.2, 0) is 18.4 Å². The number of para-hydroxylation sites is 1. The zero-order valence-electron chi connectivity index (χ0n) is 13.7. The third kappa shape index (κ3) is 3.30. The van der Waals surface area contributed by atoms with Crippen molar-refractivity contribution in [1.29, 1.82) is 0 Å². The molecule has 2 aromatic carbocycles. The quantitative estimate of drug-likeness (QED) is 0.776. The largest absolute Gasteiger partial charge is 0.350 e. The summed E-state index contributed by atoms with van der Waals surface area (Å²) in [4.78, 5) is 23.5. The molecule has 0 aliphatic heterocycles. The Morgan fingerprint density at radius 1 is 1.04 bits per heavy atom. The van der Waals surface area contributed by atoms with Crippen molar-refractivity contribution < 1.29 is 9.59 Å². The molecule has 5 heteroatoms. The lowest BCUT2D eigenvalue weighted by atomic mass is 10.1. The average molecular weight is 321 g/mol. The van der Waals surface area contributed by atoms with Gasteiger partial charge in [0.2, 0.25) is 5.91 Å². The molecule has 122 valence electrons. The van der Waals surface area contributed by atoms with E-state index >= 15 is 0 Å². The fourth-order valence-corrected chi connectivity index (χ4v) is 2.71. The molecule has 3 rings (SSSR count). The van der Waals surface area contributed by atoms with Gasteiger partial charge in [-0.1, -0.05) is 30.3 Å². The van der Waals surface area contributed by atoms with E-state index in [0.717, 1.165) is 22.2 Å². The molecule has 0 bridgehead atoms. The van der Waals surface area contributed by atoms with E-state index in [1.54, 1.807) is 0 Å². The van der Waals surface area contributed by atoms with Crippen LogP contribution in [0, 0.1) is 0 Å². The second kappa shape index (κ2) is 6.58. The Balaban J connectivity index is 1.70. The van der Waals surface area contributed by atoms with E-state index < -0.39 is 0 Å². The van der Waals surface area contributed by atoms with Crippen molar-refractivity contribution in [3.63, 3.8) is 0 Å². The van der Waals surface area contributed by atoms with E-state index in [0.29, 0.717) is 12.1 Å². The van der Waals surface area contributed by atoms with Gasteiger partial charge in [-0.15, -0.1) is 0 Å². The zero-order chi connectivity index (χ0) is 17.1. The first kappa shape index (κ1) is 15.8. The highest BCUT2D eigenvalue weighted by atomic mass is 16.2. The number of hydrogen-bond acceptors (Lipinski definition) is 2. The maximum Gasteiger partial charge on any atom is 0.253 e. The van der Waals surface area contributed by atoms with Crippen LogP contribution in [0.2, 0.25) is 0 Å². The Morgan fingerprint density at radius 2 is 1.75 bits per heavy atom. The van der Waals surface area contributed by atoms with E-state index in [1.807, 2.05) is 66.3 Å². The second-order valence-corrected chi connectivity index (χ2v) is 5.73. The lowest BCUT2D eigenvalue weighted by Gasteiger charge is -2.06. The predicted molar refractivity (Wildman–Crippen MR) is 94.8 cm³/mol. The number of amides is 2. The first-order valence-corrected chi connectivity index (χ1v) is 7.73. The maximum atomic E-state index is 12.5. The van der Waals surface area contributed by atoms with Crippen molar-refractivity contribution in [2.24, 2.45) is 7.05 Å². The minimum Gasteiger partial charge on any atom is -0.350 e. The summed E-state index contributed by atoms with van der Waals surface area (Å²) < 4.78 is 1.95. The van der Waals surface area contributed by atoms with Crippen LogP contribution in [0.3, 0.4) is 0 Å². The van der Waals surface area contributed by atoms with E-state index in [2.05, 4.69) is 10.6 Å². The normalized spacial score (nSPS) is 10.6. The molecular weight excluding hydrogens is 302 g/mol. The molecule has 1 heterocycles. The number of hydrogen-bond donors (Lipinski definition) is 2. The minimum atomic E-state index is -0.105. The van der Waals surface area contributed by atoms with Crippen LogP contribution in [0.15, 0.2) is 54.7 Å². The molecule has 2 amide bonds. The molecule has 0 aliphatic carbocycles. The first-order valence-electron chi connectivity index (χ1n) is 7.73. The number of aromatic nitrogens is 1. The SMILES string of the molecule is CC(=O)Nc1ccc(CNC(=O)c2cn(C)c3ccccc23)cc1. The molecule has 5 nitrogen and oxygen atoms in total. The molecule has 2 N–H and O–H groups in total. The number of nitrogens with zero attached hydrogens (tertiary/aromatic N) is 1. The number of rotatable bonds is 4. The van der Waals surface area contributed by atoms with Gasteiger partial charge in [-0.05, 0) is 23.8 Å². The van der Waals surface area contributed by atoms with Crippen LogP contribution >= 0.6 is 0 Å². The van der Waals surface area contributed by atoms with Gasteiger partial charge in [0.1, 0.15) is 0 Å². The summed E-state index contributed by atoms with van der Waals surface area (Å²) in [7, 11) is 1.93. The second-order valence-electron chi connectivity index (χ2n) is 5.73. The van der Waals surface area contributed by atoms with Gasteiger partial charge < -0.3 is 15.2 Å². The Hall–Kier alpha value is -3.08. The Labute approximate surface area is 140 Å². The molecule has 0 fully saturated rings. The molecule has 0 saturated heterocycles. The fourth-order valence-electron chi connectivity index (χ4n) is 2.71. The van der Waals surface area contributed by atoms with E-state index in [-0.39, 0.29) is 11.8 Å². The lowest BCUT2D eigenvalue weighted by molar-refractivity contribution is -0.114. The highest BCUT2D eigenvalue weighted by molar-refractivity contribution is 6.06. The molecule has 0 aliphatic rings. The molecule has 0 spiro atoms. The predicted octanol–water partition coefficient (Wildman–Crippen LogP) is 3.07. The molecule has 0 saturated carbocycles. The number of fused-ring (bicyclic) bond motifs is 1. The Bertz CT molecular complexity index is 895. The topological polar surface area (TPSA) is 63.1 Å². The molecule has 1 aromatic heterocycles. The average Bonchev–Trinajstić information content (AvgIpc) is 2.91. The summed E-state index contributed by atoms with van der Waals surface area (Å²) in [5, 5.41) is 6.60. The van der Waals surface area contributed by atoms with Crippen molar-refractivity contribution in [3.05, 3.63) is 65.9 Å². The van der Waals surface area contributed by atoms with Crippen LogP contribution in [0.5, 0.6) is 0 Å². The number of aryl methyl sites for hydroxylation is 1. The van der Waals surface area contributed by atoms with Crippen LogP contribution in [0.1, 0.15) is 22.8 Å². The van der Waals surface area contributed by atoms with Gasteiger partial charge >= 0.3 is 0 Å². The minimum absolute atomic E-state index is 0.0993. The summed E-state index contributed by atoms with van der Waals surface area (Å²) in [6.45, 7) is 1.90. The number of carbonyl (C=O) groups is 2. The summed E-state index contributed by atoms with van der Waals surface area (Å²) in [6, 6.07) is 15.2. The van der Waals surface area contributed by atoms with E-state index in [4.69, 9.17) is 0 Å². The molecule has 24 heavy (non-hydrogen) atoms. The number of anilines is 1. The number of carbonyl (C=O) groups excluding carboxylic acids is 2. The van der Waals surface area contributed by atoms with Crippen molar-refractivity contribution in [2.45, 2.75) is 13.5 Å². The van der Waals surface area contributed by atoms with Crippen molar-refractivity contribution in [3.8, 4) is 0 Å². The first-order chi connectivity index (χ1) is 11.5. The van der Waals surface area contributed by atoms with E-state index in [9.17, 15) is 9.59 Å². The molecule has 0 atom stereocenters. The summed E-state index contributed by atoms with van der Waals surface area (Å²) in [5.74, 6) is -0.204. The van der Waals surface area contributed by atoms with Crippen LogP contribution in [0.4, 0.5) is 5.69 Å².